The number of piperazine rings is 1. The van der Waals surface area contributed by atoms with Crippen LogP contribution in [-0.2, 0) is 0 Å². The second kappa shape index (κ2) is 6.50. The molecule has 0 N–H and O–H groups in total. The van der Waals surface area contributed by atoms with Crippen molar-refractivity contribution in [3.63, 3.8) is 0 Å². The van der Waals surface area contributed by atoms with Gasteiger partial charge in [0.2, 0.25) is 0 Å². The number of rotatable bonds is 2. The van der Waals surface area contributed by atoms with Gasteiger partial charge in [0.1, 0.15) is 5.56 Å². The fraction of sp³-hybridized carbons (Fsp3) is 0.235. The molecule has 1 aliphatic rings. The third-order valence-electron chi connectivity index (χ3n) is 4.33. The Balaban J connectivity index is 1.52. The van der Waals surface area contributed by atoms with Crippen molar-refractivity contribution in [2.75, 3.05) is 31.1 Å². The average molecular weight is 375 g/mol. The fourth-order valence-electron chi connectivity index (χ4n) is 3.00. The van der Waals surface area contributed by atoms with E-state index in [1.807, 2.05) is 24.3 Å². The Kier molecular flexibility index (Phi) is 4.19. The highest BCUT2D eigenvalue weighted by Crippen LogP contribution is 2.26. The van der Waals surface area contributed by atoms with Crippen molar-refractivity contribution < 1.29 is 4.79 Å². The zero-order valence-corrected chi connectivity index (χ0v) is 14.8. The Labute approximate surface area is 152 Å². The van der Waals surface area contributed by atoms with E-state index < -0.39 is 0 Å². The molecule has 2 aromatic heterocycles. The van der Waals surface area contributed by atoms with Crippen molar-refractivity contribution in [1.82, 2.24) is 14.3 Å². The molecule has 0 saturated carbocycles. The van der Waals surface area contributed by atoms with Crippen LogP contribution in [0.25, 0.3) is 4.96 Å². The molecule has 4 rings (SSSR count). The highest BCUT2D eigenvalue weighted by atomic mass is 35.5. The lowest BCUT2D eigenvalue weighted by Crippen LogP contribution is -2.49. The largest absolute Gasteiger partial charge is 0.367 e. The van der Waals surface area contributed by atoms with E-state index in [-0.39, 0.29) is 17.0 Å². The van der Waals surface area contributed by atoms with Crippen LogP contribution in [0.4, 0.5) is 5.69 Å². The zero-order chi connectivity index (χ0) is 17.4. The molecule has 0 spiro atoms. The van der Waals surface area contributed by atoms with E-state index in [9.17, 15) is 9.59 Å². The molecule has 8 heteroatoms. The summed E-state index contributed by atoms with van der Waals surface area (Å²) in [4.78, 5) is 33.8. The van der Waals surface area contributed by atoms with Crippen molar-refractivity contribution in [3.8, 4) is 0 Å². The number of carbonyl (C=O) groups excluding carboxylic acids is 1. The average Bonchev–Trinajstić information content (AvgIpc) is 3.12. The third kappa shape index (κ3) is 2.89. The molecule has 0 atom stereocenters. The van der Waals surface area contributed by atoms with E-state index in [4.69, 9.17) is 11.6 Å². The predicted octanol–water partition coefficient (Wildman–Crippen LogP) is 2.37. The molecule has 6 nitrogen and oxygen atoms in total. The van der Waals surface area contributed by atoms with Gasteiger partial charge in [0.15, 0.2) is 4.96 Å². The van der Waals surface area contributed by atoms with E-state index in [1.165, 1.54) is 21.9 Å². The summed E-state index contributed by atoms with van der Waals surface area (Å²) in [7, 11) is 0. The number of thiazole rings is 1. The number of anilines is 1. The molecule has 0 radical (unpaired) electrons. The lowest BCUT2D eigenvalue weighted by atomic mass is 10.2. The normalized spacial score (nSPS) is 14.9. The van der Waals surface area contributed by atoms with Gasteiger partial charge < -0.3 is 9.80 Å². The molecule has 0 bridgehead atoms. The Morgan fingerprint density at radius 1 is 1.16 bits per heavy atom. The summed E-state index contributed by atoms with van der Waals surface area (Å²) in [6.07, 6.45) is 3.03. The number of hydrogen-bond donors (Lipinski definition) is 0. The molecule has 128 valence electrons. The summed E-state index contributed by atoms with van der Waals surface area (Å²) >= 11 is 7.61. The standard InChI is InChI=1S/C17H15ClN4O2S/c18-13-3-1-2-4-14(13)20-5-7-21(8-6-20)15(23)12-11-19-17-22(16(12)24)9-10-25-17/h1-4,9-11H,5-8H2. The van der Waals surface area contributed by atoms with Gasteiger partial charge in [-0.25, -0.2) is 4.98 Å². The van der Waals surface area contributed by atoms with Gasteiger partial charge in [0.25, 0.3) is 11.5 Å². The van der Waals surface area contributed by atoms with Gasteiger partial charge in [-0.05, 0) is 12.1 Å². The highest BCUT2D eigenvalue weighted by molar-refractivity contribution is 7.15. The van der Waals surface area contributed by atoms with E-state index in [1.54, 1.807) is 16.5 Å². The van der Waals surface area contributed by atoms with E-state index >= 15 is 0 Å². The zero-order valence-electron chi connectivity index (χ0n) is 13.3. The summed E-state index contributed by atoms with van der Waals surface area (Å²) in [6.45, 7) is 2.42. The second-order valence-corrected chi connectivity index (χ2v) is 7.04. The van der Waals surface area contributed by atoms with E-state index in [0.29, 0.717) is 36.2 Å². The SMILES string of the molecule is O=C(c1cnc2sccn2c1=O)N1CCN(c2ccccc2Cl)CC1. The Morgan fingerprint density at radius 3 is 2.68 bits per heavy atom. The quantitative estimate of drug-likeness (QED) is 0.691. The Bertz CT molecular complexity index is 991. The number of benzene rings is 1. The smallest absolute Gasteiger partial charge is 0.271 e. The maximum Gasteiger partial charge on any atom is 0.271 e. The summed E-state index contributed by atoms with van der Waals surface area (Å²) in [5, 5.41) is 2.48. The van der Waals surface area contributed by atoms with Crippen LogP contribution in [0.3, 0.4) is 0 Å². The van der Waals surface area contributed by atoms with Gasteiger partial charge in [-0.15, -0.1) is 11.3 Å². The number of amides is 1. The topological polar surface area (TPSA) is 57.9 Å². The lowest BCUT2D eigenvalue weighted by Gasteiger charge is -2.36. The van der Waals surface area contributed by atoms with Crippen LogP contribution < -0.4 is 10.5 Å². The van der Waals surface area contributed by atoms with E-state index in [0.717, 1.165) is 5.69 Å². The molecule has 3 heterocycles. The van der Waals surface area contributed by atoms with Gasteiger partial charge in [0.05, 0.1) is 10.7 Å². The third-order valence-corrected chi connectivity index (χ3v) is 5.42. The molecular weight excluding hydrogens is 360 g/mol. The second-order valence-electron chi connectivity index (χ2n) is 5.76. The van der Waals surface area contributed by atoms with Crippen molar-refractivity contribution in [1.29, 1.82) is 0 Å². The minimum Gasteiger partial charge on any atom is -0.367 e. The molecule has 1 saturated heterocycles. The summed E-state index contributed by atoms with van der Waals surface area (Å²) in [6, 6.07) is 7.67. The molecule has 0 aliphatic carbocycles. The van der Waals surface area contributed by atoms with Crippen LogP contribution in [-0.4, -0.2) is 46.4 Å². The van der Waals surface area contributed by atoms with Crippen LogP contribution >= 0.6 is 22.9 Å². The first-order chi connectivity index (χ1) is 12.1. The van der Waals surface area contributed by atoms with Crippen LogP contribution in [0, 0.1) is 0 Å². The Morgan fingerprint density at radius 2 is 1.92 bits per heavy atom. The van der Waals surface area contributed by atoms with Gasteiger partial charge >= 0.3 is 0 Å². The number of fused-ring (bicyclic) bond motifs is 1. The van der Waals surface area contributed by atoms with Crippen molar-refractivity contribution in [2.45, 2.75) is 0 Å². The minimum atomic E-state index is -0.315. The highest BCUT2D eigenvalue weighted by Gasteiger charge is 2.25. The number of hydrogen-bond acceptors (Lipinski definition) is 5. The van der Waals surface area contributed by atoms with Gasteiger partial charge in [-0.1, -0.05) is 23.7 Å². The van der Waals surface area contributed by atoms with Crippen LogP contribution in [0.1, 0.15) is 10.4 Å². The monoisotopic (exact) mass is 374 g/mol. The number of para-hydroxylation sites is 1. The Hall–Kier alpha value is -2.38. The van der Waals surface area contributed by atoms with Crippen LogP contribution in [0.15, 0.2) is 46.8 Å². The number of aromatic nitrogens is 2. The predicted molar refractivity (Wildman–Crippen MR) is 98.9 cm³/mol. The summed E-state index contributed by atoms with van der Waals surface area (Å²) < 4.78 is 1.41. The van der Waals surface area contributed by atoms with Gasteiger partial charge in [-0.3, -0.25) is 14.0 Å². The molecule has 25 heavy (non-hydrogen) atoms. The molecule has 1 aromatic carbocycles. The molecule has 3 aromatic rings. The number of halogens is 1. The van der Waals surface area contributed by atoms with Gasteiger partial charge in [0, 0.05) is 44.0 Å². The van der Waals surface area contributed by atoms with Crippen LogP contribution in [0.2, 0.25) is 5.02 Å². The summed E-state index contributed by atoms with van der Waals surface area (Å²) in [5.41, 5.74) is 0.768. The first-order valence-corrected chi connectivity index (χ1v) is 9.14. The number of nitrogens with zero attached hydrogens (tertiary/aromatic N) is 4. The fourth-order valence-corrected chi connectivity index (χ4v) is 3.93. The van der Waals surface area contributed by atoms with Gasteiger partial charge in [-0.2, -0.15) is 0 Å². The lowest BCUT2D eigenvalue weighted by molar-refractivity contribution is 0.0744. The van der Waals surface area contributed by atoms with Crippen molar-refractivity contribution >= 4 is 39.5 Å². The molecule has 1 fully saturated rings. The maximum atomic E-state index is 12.7. The van der Waals surface area contributed by atoms with Crippen molar-refractivity contribution in [3.05, 3.63) is 63.0 Å². The van der Waals surface area contributed by atoms with Crippen LogP contribution in [0.5, 0.6) is 0 Å². The van der Waals surface area contributed by atoms with E-state index in [2.05, 4.69) is 9.88 Å². The first-order valence-electron chi connectivity index (χ1n) is 7.89. The molecule has 0 unspecified atom stereocenters. The number of carbonyl (C=O) groups is 1. The maximum absolute atomic E-state index is 12.7. The summed E-state index contributed by atoms with van der Waals surface area (Å²) in [5.74, 6) is -0.267. The first kappa shape index (κ1) is 16.1. The molecular formula is C17H15ClN4O2S. The molecule has 1 aliphatic heterocycles. The molecule has 1 amide bonds. The van der Waals surface area contributed by atoms with Crippen molar-refractivity contribution in [2.24, 2.45) is 0 Å². The minimum absolute atomic E-state index is 0.113.